The van der Waals surface area contributed by atoms with Gasteiger partial charge in [0.15, 0.2) is 17.3 Å². The highest BCUT2D eigenvalue weighted by Crippen LogP contribution is 2.38. The van der Waals surface area contributed by atoms with E-state index in [9.17, 15) is 5.11 Å². The molecule has 1 aliphatic carbocycles. The first-order valence-corrected chi connectivity index (χ1v) is 6.49. The second-order valence-corrected chi connectivity index (χ2v) is 4.80. The normalized spacial score (nSPS) is 15.8. The van der Waals surface area contributed by atoms with Gasteiger partial charge >= 0.3 is 0 Å². The average molecular weight is 260 g/mol. The number of nitrogens with zero attached hydrogens (tertiary/aromatic N) is 2. The molecule has 1 saturated carbocycles. The topological polar surface area (TPSA) is 68.4 Å². The maximum absolute atomic E-state index is 10.1. The van der Waals surface area contributed by atoms with E-state index >= 15 is 0 Å². The van der Waals surface area contributed by atoms with E-state index in [1.165, 1.54) is 20.0 Å². The minimum absolute atomic E-state index is 0.0339. The molecule has 2 aromatic rings. The van der Waals surface area contributed by atoms with Gasteiger partial charge in [-0.2, -0.15) is 4.98 Å². The summed E-state index contributed by atoms with van der Waals surface area (Å²) in [6.45, 7) is 0. The third-order valence-corrected chi connectivity index (χ3v) is 3.61. The molecule has 19 heavy (non-hydrogen) atoms. The molecule has 0 spiro atoms. The highest BCUT2D eigenvalue weighted by molar-refractivity contribution is 5.66. The van der Waals surface area contributed by atoms with Crippen molar-refractivity contribution in [3.05, 3.63) is 24.0 Å². The van der Waals surface area contributed by atoms with E-state index in [1.807, 2.05) is 0 Å². The largest absolute Gasteiger partial charge is 0.504 e. The van der Waals surface area contributed by atoms with E-state index in [-0.39, 0.29) is 5.75 Å². The van der Waals surface area contributed by atoms with Crippen LogP contribution in [-0.2, 0) is 0 Å². The molecule has 1 aromatic carbocycles. The molecule has 0 unspecified atom stereocenters. The summed E-state index contributed by atoms with van der Waals surface area (Å²) in [4.78, 5) is 4.41. The lowest BCUT2D eigenvalue weighted by Crippen LogP contribution is -1.94. The van der Waals surface area contributed by atoms with Crippen LogP contribution in [0.3, 0.4) is 0 Å². The quantitative estimate of drug-likeness (QED) is 0.918. The maximum Gasteiger partial charge on any atom is 0.261 e. The summed E-state index contributed by atoms with van der Waals surface area (Å²) in [6.07, 6.45) is 4.67. The highest BCUT2D eigenvalue weighted by atomic mass is 16.5. The SMILES string of the molecule is COc1cccc(-c2nc(C3CCCC3)no2)c1O. The Bertz CT molecular complexity index is 574. The number of hydrogen-bond acceptors (Lipinski definition) is 5. The number of rotatable bonds is 3. The highest BCUT2D eigenvalue weighted by Gasteiger charge is 2.23. The van der Waals surface area contributed by atoms with Crippen molar-refractivity contribution in [1.29, 1.82) is 0 Å². The lowest BCUT2D eigenvalue weighted by Gasteiger charge is -2.05. The molecule has 0 radical (unpaired) electrons. The molecule has 0 atom stereocenters. The molecule has 1 heterocycles. The minimum atomic E-state index is 0.0339. The summed E-state index contributed by atoms with van der Waals surface area (Å²) in [5, 5.41) is 14.1. The molecule has 0 saturated heterocycles. The van der Waals surface area contributed by atoms with Gasteiger partial charge in [0, 0.05) is 5.92 Å². The standard InChI is InChI=1S/C14H16N2O3/c1-18-11-8-4-7-10(12(11)17)14-15-13(16-19-14)9-5-2-3-6-9/h4,7-9,17H,2-3,5-6H2,1H3. The van der Waals surface area contributed by atoms with Gasteiger partial charge in [0.05, 0.1) is 12.7 Å². The fourth-order valence-electron chi connectivity index (χ4n) is 2.55. The van der Waals surface area contributed by atoms with Crippen LogP contribution >= 0.6 is 0 Å². The van der Waals surface area contributed by atoms with E-state index in [4.69, 9.17) is 9.26 Å². The van der Waals surface area contributed by atoms with Crippen molar-refractivity contribution in [3.63, 3.8) is 0 Å². The van der Waals surface area contributed by atoms with Gasteiger partial charge in [0.25, 0.3) is 5.89 Å². The zero-order valence-electron chi connectivity index (χ0n) is 10.8. The Morgan fingerprint density at radius 2 is 2.11 bits per heavy atom. The van der Waals surface area contributed by atoms with E-state index < -0.39 is 0 Å². The second kappa shape index (κ2) is 4.91. The molecule has 1 fully saturated rings. The van der Waals surface area contributed by atoms with Crippen molar-refractivity contribution in [1.82, 2.24) is 10.1 Å². The lowest BCUT2D eigenvalue weighted by atomic mass is 10.1. The lowest BCUT2D eigenvalue weighted by molar-refractivity contribution is 0.371. The van der Waals surface area contributed by atoms with Crippen LogP contribution in [0, 0.1) is 0 Å². The van der Waals surface area contributed by atoms with E-state index in [1.54, 1.807) is 18.2 Å². The Morgan fingerprint density at radius 3 is 2.84 bits per heavy atom. The Labute approximate surface area is 111 Å². The van der Waals surface area contributed by atoms with E-state index in [0.717, 1.165) is 18.7 Å². The van der Waals surface area contributed by atoms with Crippen LogP contribution in [0.1, 0.15) is 37.4 Å². The predicted octanol–water partition coefficient (Wildman–Crippen LogP) is 3.11. The van der Waals surface area contributed by atoms with Gasteiger partial charge in [0.2, 0.25) is 0 Å². The first-order chi connectivity index (χ1) is 9.29. The van der Waals surface area contributed by atoms with Crippen LogP contribution in [0.5, 0.6) is 11.5 Å². The third-order valence-electron chi connectivity index (χ3n) is 3.61. The fraction of sp³-hybridized carbons (Fsp3) is 0.429. The number of ether oxygens (including phenoxy) is 1. The summed E-state index contributed by atoms with van der Waals surface area (Å²) in [5.41, 5.74) is 0.510. The molecule has 0 bridgehead atoms. The Balaban J connectivity index is 1.94. The number of para-hydroxylation sites is 1. The number of aromatic nitrogens is 2. The summed E-state index contributed by atoms with van der Waals surface area (Å²) in [6, 6.07) is 5.21. The minimum Gasteiger partial charge on any atom is -0.504 e. The molecule has 0 amide bonds. The summed E-state index contributed by atoms with van der Waals surface area (Å²) < 4.78 is 10.3. The number of methoxy groups -OCH3 is 1. The van der Waals surface area contributed by atoms with Crippen LogP contribution < -0.4 is 4.74 Å². The molecule has 0 aliphatic heterocycles. The molecule has 5 heteroatoms. The number of benzene rings is 1. The Hall–Kier alpha value is -2.04. The van der Waals surface area contributed by atoms with E-state index in [2.05, 4.69) is 10.1 Å². The van der Waals surface area contributed by atoms with Gasteiger partial charge in [-0.25, -0.2) is 0 Å². The number of aromatic hydroxyl groups is 1. The molecule has 3 rings (SSSR count). The zero-order valence-corrected chi connectivity index (χ0v) is 10.8. The van der Waals surface area contributed by atoms with Crippen molar-refractivity contribution in [2.45, 2.75) is 31.6 Å². The third kappa shape index (κ3) is 2.16. The maximum atomic E-state index is 10.1. The zero-order chi connectivity index (χ0) is 13.2. The first-order valence-electron chi connectivity index (χ1n) is 6.49. The molecule has 5 nitrogen and oxygen atoms in total. The summed E-state index contributed by atoms with van der Waals surface area (Å²) in [5.74, 6) is 1.92. The molecule has 1 N–H and O–H groups in total. The van der Waals surface area contributed by atoms with Crippen molar-refractivity contribution in [2.24, 2.45) is 0 Å². The second-order valence-electron chi connectivity index (χ2n) is 4.80. The molecule has 1 aromatic heterocycles. The van der Waals surface area contributed by atoms with Crippen LogP contribution in [0.4, 0.5) is 0 Å². The van der Waals surface area contributed by atoms with Gasteiger partial charge in [-0.15, -0.1) is 0 Å². The van der Waals surface area contributed by atoms with Crippen LogP contribution in [0.2, 0.25) is 0 Å². The predicted molar refractivity (Wildman–Crippen MR) is 69.2 cm³/mol. The first kappa shape index (κ1) is 12.0. The van der Waals surface area contributed by atoms with Crippen molar-refractivity contribution in [3.8, 4) is 23.0 Å². The Morgan fingerprint density at radius 1 is 1.32 bits per heavy atom. The van der Waals surface area contributed by atoms with E-state index in [0.29, 0.717) is 23.1 Å². The van der Waals surface area contributed by atoms with Crippen molar-refractivity contribution in [2.75, 3.05) is 7.11 Å². The van der Waals surface area contributed by atoms with Crippen LogP contribution in [-0.4, -0.2) is 22.4 Å². The molecule has 100 valence electrons. The monoisotopic (exact) mass is 260 g/mol. The van der Waals surface area contributed by atoms with Gasteiger partial charge in [-0.3, -0.25) is 0 Å². The number of phenolic OH excluding ortho intramolecular Hbond substituents is 1. The van der Waals surface area contributed by atoms with Crippen molar-refractivity contribution < 1.29 is 14.4 Å². The fourth-order valence-corrected chi connectivity index (χ4v) is 2.55. The van der Waals surface area contributed by atoms with Gasteiger partial charge in [-0.1, -0.05) is 24.1 Å². The molecular weight excluding hydrogens is 244 g/mol. The summed E-state index contributed by atoms with van der Waals surface area (Å²) in [7, 11) is 1.51. The van der Waals surface area contributed by atoms with Crippen LogP contribution in [0.25, 0.3) is 11.5 Å². The van der Waals surface area contributed by atoms with Crippen LogP contribution in [0.15, 0.2) is 22.7 Å². The number of phenols is 1. The van der Waals surface area contributed by atoms with Gasteiger partial charge in [-0.05, 0) is 25.0 Å². The van der Waals surface area contributed by atoms with Gasteiger partial charge in [0.1, 0.15) is 0 Å². The summed E-state index contributed by atoms with van der Waals surface area (Å²) >= 11 is 0. The number of hydrogen-bond donors (Lipinski definition) is 1. The molecular formula is C14H16N2O3. The molecule has 1 aliphatic rings. The van der Waals surface area contributed by atoms with Crippen molar-refractivity contribution >= 4 is 0 Å². The average Bonchev–Trinajstić information content (AvgIpc) is 3.09. The Kier molecular flexibility index (Phi) is 3.11. The van der Waals surface area contributed by atoms with Gasteiger partial charge < -0.3 is 14.4 Å². The smallest absolute Gasteiger partial charge is 0.261 e.